The lowest BCUT2D eigenvalue weighted by atomic mass is 10.3. The van der Waals surface area contributed by atoms with E-state index >= 15 is 0 Å². The standard InChI is InChI=1S/C11H9ClN6O/c1-17-10-9(5-14-17)11(19)18(16-15-10)6-8-4-7(12)2-3-13-8/h2-5H,6H2,1H3. The molecule has 96 valence electrons. The maximum atomic E-state index is 12.2. The van der Waals surface area contributed by atoms with Crippen LogP contribution in [0.15, 0.2) is 29.3 Å². The van der Waals surface area contributed by atoms with Crippen LogP contribution in [0.1, 0.15) is 5.69 Å². The second kappa shape index (κ2) is 4.43. The van der Waals surface area contributed by atoms with Crippen LogP contribution in [0.25, 0.3) is 11.0 Å². The lowest BCUT2D eigenvalue weighted by Gasteiger charge is -2.03. The summed E-state index contributed by atoms with van der Waals surface area (Å²) in [4.78, 5) is 16.3. The molecule has 7 nitrogen and oxygen atoms in total. The van der Waals surface area contributed by atoms with Gasteiger partial charge in [-0.2, -0.15) is 5.10 Å². The molecule has 0 amide bonds. The van der Waals surface area contributed by atoms with Crippen LogP contribution >= 0.6 is 11.6 Å². The van der Waals surface area contributed by atoms with Gasteiger partial charge in [-0.3, -0.25) is 9.78 Å². The van der Waals surface area contributed by atoms with Gasteiger partial charge in [-0.1, -0.05) is 16.8 Å². The van der Waals surface area contributed by atoms with E-state index in [0.717, 1.165) is 0 Å². The third-order valence-corrected chi connectivity index (χ3v) is 2.95. The van der Waals surface area contributed by atoms with E-state index in [1.54, 1.807) is 25.4 Å². The second-order valence-corrected chi connectivity index (χ2v) is 4.46. The van der Waals surface area contributed by atoms with Crippen molar-refractivity contribution in [2.75, 3.05) is 0 Å². The third-order valence-electron chi connectivity index (χ3n) is 2.71. The first-order valence-corrected chi connectivity index (χ1v) is 5.89. The molecule has 0 saturated carbocycles. The molecule has 0 N–H and O–H groups in total. The molecule has 3 rings (SSSR count). The lowest BCUT2D eigenvalue weighted by Crippen LogP contribution is -2.25. The van der Waals surface area contributed by atoms with Gasteiger partial charge in [0.15, 0.2) is 5.65 Å². The van der Waals surface area contributed by atoms with E-state index in [4.69, 9.17) is 11.6 Å². The van der Waals surface area contributed by atoms with Gasteiger partial charge >= 0.3 is 0 Å². The Balaban J connectivity index is 2.06. The van der Waals surface area contributed by atoms with E-state index in [1.165, 1.54) is 15.6 Å². The molecule has 0 radical (unpaired) electrons. The largest absolute Gasteiger partial charge is 0.281 e. The molecule has 3 heterocycles. The zero-order valence-corrected chi connectivity index (χ0v) is 10.7. The Kier molecular flexibility index (Phi) is 2.75. The van der Waals surface area contributed by atoms with Gasteiger partial charge in [0, 0.05) is 18.3 Å². The molecule has 0 spiro atoms. The summed E-state index contributed by atoms with van der Waals surface area (Å²) in [6.45, 7) is 0.219. The second-order valence-electron chi connectivity index (χ2n) is 4.02. The van der Waals surface area contributed by atoms with Crippen LogP contribution in [0, 0.1) is 0 Å². The molecule has 0 aliphatic carbocycles. The summed E-state index contributed by atoms with van der Waals surface area (Å²) in [5.74, 6) is 0. The molecule has 3 aromatic heterocycles. The first-order valence-electron chi connectivity index (χ1n) is 5.51. The summed E-state index contributed by atoms with van der Waals surface area (Å²) < 4.78 is 2.74. The van der Waals surface area contributed by atoms with Gasteiger partial charge in [-0.25, -0.2) is 9.36 Å². The topological polar surface area (TPSA) is 78.5 Å². The highest BCUT2D eigenvalue weighted by molar-refractivity contribution is 6.30. The van der Waals surface area contributed by atoms with Crippen molar-refractivity contribution in [3.8, 4) is 0 Å². The van der Waals surface area contributed by atoms with E-state index < -0.39 is 0 Å². The molecule has 0 unspecified atom stereocenters. The molecule has 0 fully saturated rings. The minimum Gasteiger partial charge on any atom is -0.267 e. The number of halogens is 1. The van der Waals surface area contributed by atoms with E-state index in [0.29, 0.717) is 21.7 Å². The van der Waals surface area contributed by atoms with Crippen LogP contribution in [-0.2, 0) is 13.6 Å². The maximum Gasteiger partial charge on any atom is 0.281 e. The Hall–Kier alpha value is -2.28. The summed E-state index contributed by atoms with van der Waals surface area (Å²) in [5.41, 5.74) is 0.854. The summed E-state index contributed by atoms with van der Waals surface area (Å²) in [6.07, 6.45) is 3.06. The molecule has 8 heteroatoms. The van der Waals surface area contributed by atoms with E-state index in [9.17, 15) is 4.79 Å². The predicted molar refractivity (Wildman–Crippen MR) is 68.9 cm³/mol. The fourth-order valence-corrected chi connectivity index (χ4v) is 1.95. The van der Waals surface area contributed by atoms with Gasteiger partial charge in [0.1, 0.15) is 5.39 Å². The van der Waals surface area contributed by atoms with Gasteiger partial charge in [0.25, 0.3) is 5.56 Å². The molecular formula is C11H9ClN6O. The fourth-order valence-electron chi connectivity index (χ4n) is 1.77. The monoisotopic (exact) mass is 276 g/mol. The number of pyridine rings is 1. The van der Waals surface area contributed by atoms with Crippen LogP contribution < -0.4 is 5.56 Å². The van der Waals surface area contributed by atoms with Crippen molar-refractivity contribution in [1.29, 1.82) is 0 Å². The highest BCUT2D eigenvalue weighted by atomic mass is 35.5. The Morgan fingerprint density at radius 3 is 3.05 bits per heavy atom. The number of hydrogen-bond acceptors (Lipinski definition) is 5. The summed E-state index contributed by atoms with van der Waals surface area (Å²) in [6, 6.07) is 3.35. The van der Waals surface area contributed by atoms with E-state index in [-0.39, 0.29) is 12.1 Å². The average Bonchev–Trinajstić information content (AvgIpc) is 2.76. The fraction of sp³-hybridized carbons (Fsp3) is 0.182. The van der Waals surface area contributed by atoms with E-state index in [2.05, 4.69) is 20.4 Å². The van der Waals surface area contributed by atoms with Crippen molar-refractivity contribution in [2.24, 2.45) is 7.05 Å². The zero-order valence-electron chi connectivity index (χ0n) is 9.99. The number of hydrogen-bond donors (Lipinski definition) is 0. The first kappa shape index (κ1) is 11.8. The number of fused-ring (bicyclic) bond motifs is 1. The van der Waals surface area contributed by atoms with Crippen molar-refractivity contribution in [3.05, 3.63) is 45.6 Å². The molecule has 0 aromatic carbocycles. The number of aromatic nitrogens is 6. The lowest BCUT2D eigenvalue weighted by molar-refractivity contribution is 0.587. The van der Waals surface area contributed by atoms with Crippen molar-refractivity contribution in [3.63, 3.8) is 0 Å². The van der Waals surface area contributed by atoms with Crippen LogP contribution in [0.4, 0.5) is 0 Å². The normalized spacial score (nSPS) is 11.1. The Labute approximate surface area is 112 Å². The van der Waals surface area contributed by atoms with Crippen LogP contribution in [0.3, 0.4) is 0 Å². The van der Waals surface area contributed by atoms with Crippen LogP contribution in [0.5, 0.6) is 0 Å². The van der Waals surface area contributed by atoms with Crippen LogP contribution in [-0.4, -0.2) is 29.8 Å². The molecule has 19 heavy (non-hydrogen) atoms. The SMILES string of the molecule is Cn1ncc2c(=O)n(Cc3cc(Cl)ccn3)nnc21. The number of nitrogens with zero attached hydrogens (tertiary/aromatic N) is 6. The summed E-state index contributed by atoms with van der Waals surface area (Å²) in [5, 5.41) is 12.8. The number of aryl methyl sites for hydroxylation is 1. The Bertz CT molecular complexity index is 808. The van der Waals surface area contributed by atoms with Crippen molar-refractivity contribution >= 4 is 22.6 Å². The summed E-state index contributed by atoms with van der Waals surface area (Å²) in [7, 11) is 1.71. The molecule has 0 aliphatic heterocycles. The van der Waals surface area contributed by atoms with E-state index in [1.807, 2.05) is 0 Å². The average molecular weight is 277 g/mol. The molecular weight excluding hydrogens is 268 g/mol. The summed E-state index contributed by atoms with van der Waals surface area (Å²) >= 11 is 5.87. The van der Waals surface area contributed by atoms with Gasteiger partial charge in [0.05, 0.1) is 18.4 Å². The highest BCUT2D eigenvalue weighted by Gasteiger charge is 2.10. The minimum absolute atomic E-state index is 0.219. The number of rotatable bonds is 2. The molecule has 0 aliphatic rings. The Morgan fingerprint density at radius 2 is 2.26 bits per heavy atom. The highest BCUT2D eigenvalue weighted by Crippen LogP contribution is 2.08. The quantitative estimate of drug-likeness (QED) is 0.686. The predicted octanol–water partition coefficient (Wildman–Crippen LogP) is 0.622. The smallest absolute Gasteiger partial charge is 0.267 e. The molecule has 0 atom stereocenters. The van der Waals surface area contributed by atoms with Gasteiger partial charge in [-0.05, 0) is 12.1 Å². The van der Waals surface area contributed by atoms with Crippen molar-refractivity contribution in [1.82, 2.24) is 29.8 Å². The molecule has 0 saturated heterocycles. The minimum atomic E-state index is -0.250. The maximum absolute atomic E-state index is 12.2. The van der Waals surface area contributed by atoms with Gasteiger partial charge in [0.2, 0.25) is 0 Å². The Morgan fingerprint density at radius 1 is 1.42 bits per heavy atom. The van der Waals surface area contributed by atoms with Gasteiger partial charge < -0.3 is 0 Å². The van der Waals surface area contributed by atoms with Crippen LogP contribution in [0.2, 0.25) is 5.02 Å². The first-order chi connectivity index (χ1) is 9.15. The molecule has 0 bridgehead atoms. The van der Waals surface area contributed by atoms with Crippen molar-refractivity contribution in [2.45, 2.75) is 6.54 Å². The third kappa shape index (κ3) is 2.08. The molecule has 3 aromatic rings. The van der Waals surface area contributed by atoms with Crippen molar-refractivity contribution < 1.29 is 0 Å². The van der Waals surface area contributed by atoms with Gasteiger partial charge in [-0.15, -0.1) is 5.10 Å². The zero-order chi connectivity index (χ0) is 13.4.